The second-order valence-electron chi connectivity index (χ2n) is 3.90. The summed E-state index contributed by atoms with van der Waals surface area (Å²) in [5.74, 6) is -2.11. The third-order valence-electron chi connectivity index (χ3n) is 2.45. The molecule has 0 radical (unpaired) electrons. The van der Waals surface area contributed by atoms with E-state index in [2.05, 4.69) is 11.6 Å². The highest BCUT2D eigenvalue weighted by Crippen LogP contribution is 2.27. The van der Waals surface area contributed by atoms with Gasteiger partial charge in [-0.05, 0) is 6.42 Å². The van der Waals surface area contributed by atoms with Crippen molar-refractivity contribution in [1.82, 2.24) is 0 Å². The Morgan fingerprint density at radius 2 is 1.83 bits per heavy atom. The van der Waals surface area contributed by atoms with Crippen LogP contribution in [0.4, 0.5) is 8.78 Å². The van der Waals surface area contributed by atoms with Gasteiger partial charge in [0.15, 0.2) is 17.4 Å². The fourth-order valence-corrected chi connectivity index (χ4v) is 1.54. The van der Waals surface area contributed by atoms with Crippen LogP contribution < -0.4 is 9.39 Å². The Kier molecular flexibility index (Phi) is 6.50. The van der Waals surface area contributed by atoms with Gasteiger partial charge in [-0.15, -0.1) is 0 Å². The minimum Gasteiger partial charge on any atom is -0.539 e. The summed E-state index contributed by atoms with van der Waals surface area (Å²) in [6.07, 6.45) is 3.92. The molecule has 0 bridgehead atoms. The molecular formula is C12H17BF2O3. The number of benzene rings is 1. The Labute approximate surface area is 106 Å². The number of rotatable bonds is 8. The van der Waals surface area contributed by atoms with E-state index in [-0.39, 0.29) is 12.4 Å². The van der Waals surface area contributed by atoms with Crippen molar-refractivity contribution in [2.75, 3.05) is 6.61 Å². The maximum absolute atomic E-state index is 13.5. The van der Waals surface area contributed by atoms with E-state index in [4.69, 9.17) is 9.76 Å². The minimum atomic E-state index is -0.825. The lowest BCUT2D eigenvalue weighted by Gasteiger charge is -2.10. The van der Waals surface area contributed by atoms with E-state index in [0.717, 1.165) is 37.8 Å². The molecule has 0 saturated heterocycles. The van der Waals surface area contributed by atoms with Crippen molar-refractivity contribution in [3.8, 4) is 11.5 Å². The van der Waals surface area contributed by atoms with Gasteiger partial charge >= 0.3 is 7.69 Å². The second-order valence-corrected chi connectivity index (χ2v) is 3.90. The second kappa shape index (κ2) is 7.92. The number of ether oxygens (including phenoxy) is 1. The van der Waals surface area contributed by atoms with Gasteiger partial charge in [-0.25, -0.2) is 8.78 Å². The molecule has 0 amide bonds. The Balaban J connectivity index is 2.54. The summed E-state index contributed by atoms with van der Waals surface area (Å²) in [6, 6.07) is 1.97. The Morgan fingerprint density at radius 1 is 1.17 bits per heavy atom. The van der Waals surface area contributed by atoms with Gasteiger partial charge in [-0.1, -0.05) is 26.2 Å². The average molecular weight is 258 g/mol. The summed E-state index contributed by atoms with van der Waals surface area (Å²) < 4.78 is 36.6. The van der Waals surface area contributed by atoms with Crippen LogP contribution in [0.5, 0.6) is 11.5 Å². The lowest BCUT2D eigenvalue weighted by molar-refractivity contribution is 0.274. The smallest absolute Gasteiger partial charge is 0.504 e. The van der Waals surface area contributed by atoms with Gasteiger partial charge in [0.05, 0.1) is 6.61 Å². The zero-order valence-electron chi connectivity index (χ0n) is 10.4. The summed E-state index contributed by atoms with van der Waals surface area (Å²) >= 11 is 0. The molecule has 6 heteroatoms. The third kappa shape index (κ3) is 4.53. The summed E-state index contributed by atoms with van der Waals surface area (Å²) in [7, 11) is -0.629. The standard InChI is InChI=1S/C12H17BF2O3/c1-2-3-4-5-6-17-12-10(14)7-9(18-13-16)8-11(12)15/h7-8,13,16H,2-6H2,1H3. The molecule has 0 aliphatic carbocycles. The summed E-state index contributed by atoms with van der Waals surface area (Å²) in [6.45, 7) is 2.37. The molecule has 18 heavy (non-hydrogen) atoms. The van der Waals surface area contributed by atoms with E-state index in [9.17, 15) is 8.78 Å². The van der Waals surface area contributed by atoms with Gasteiger partial charge in [0.2, 0.25) is 0 Å². The predicted molar refractivity (Wildman–Crippen MR) is 66.0 cm³/mol. The quantitative estimate of drug-likeness (QED) is 0.575. The van der Waals surface area contributed by atoms with Crippen molar-refractivity contribution in [2.45, 2.75) is 32.6 Å². The van der Waals surface area contributed by atoms with E-state index in [1.807, 2.05) is 0 Å². The van der Waals surface area contributed by atoms with Crippen LogP contribution in [0.3, 0.4) is 0 Å². The number of hydrogen-bond acceptors (Lipinski definition) is 3. The Morgan fingerprint density at radius 3 is 2.39 bits per heavy atom. The summed E-state index contributed by atoms with van der Waals surface area (Å²) in [4.78, 5) is 0. The fourth-order valence-electron chi connectivity index (χ4n) is 1.54. The maximum Gasteiger partial charge on any atom is 0.504 e. The highest BCUT2D eigenvalue weighted by molar-refractivity contribution is 6.17. The first-order valence-corrected chi connectivity index (χ1v) is 6.04. The van der Waals surface area contributed by atoms with Crippen molar-refractivity contribution in [2.24, 2.45) is 0 Å². The molecule has 0 aromatic heterocycles. The molecule has 1 rings (SSSR count). The lowest BCUT2D eigenvalue weighted by atomic mass is 10.2. The normalized spacial score (nSPS) is 10.2. The van der Waals surface area contributed by atoms with Crippen LogP contribution in [0.2, 0.25) is 0 Å². The van der Waals surface area contributed by atoms with Gasteiger partial charge in [-0.3, -0.25) is 0 Å². The molecule has 0 heterocycles. The SMILES string of the molecule is CCCCCCOc1c(F)cc(OBO)cc1F. The van der Waals surface area contributed by atoms with Crippen molar-refractivity contribution in [3.05, 3.63) is 23.8 Å². The van der Waals surface area contributed by atoms with Crippen LogP contribution in [-0.4, -0.2) is 19.3 Å². The topological polar surface area (TPSA) is 38.7 Å². The van der Waals surface area contributed by atoms with Gasteiger partial charge in [-0.2, -0.15) is 0 Å². The third-order valence-corrected chi connectivity index (χ3v) is 2.45. The van der Waals surface area contributed by atoms with Crippen LogP contribution >= 0.6 is 0 Å². The predicted octanol–water partition coefficient (Wildman–Crippen LogP) is 2.56. The molecule has 0 unspecified atom stereocenters. The molecule has 0 saturated carbocycles. The summed E-state index contributed by atoms with van der Waals surface area (Å²) in [5, 5.41) is 8.50. The largest absolute Gasteiger partial charge is 0.539 e. The zero-order chi connectivity index (χ0) is 13.4. The molecule has 3 nitrogen and oxygen atoms in total. The van der Waals surface area contributed by atoms with Gasteiger partial charge in [0, 0.05) is 12.1 Å². The van der Waals surface area contributed by atoms with Crippen LogP contribution in [0, 0.1) is 11.6 Å². The van der Waals surface area contributed by atoms with E-state index in [0.29, 0.717) is 0 Å². The highest BCUT2D eigenvalue weighted by Gasteiger charge is 2.13. The first-order valence-electron chi connectivity index (χ1n) is 6.04. The van der Waals surface area contributed by atoms with Gasteiger partial charge in [0.1, 0.15) is 5.75 Å². The minimum absolute atomic E-state index is 0.0640. The fraction of sp³-hybridized carbons (Fsp3) is 0.500. The molecule has 1 N–H and O–H groups in total. The molecule has 100 valence electrons. The van der Waals surface area contributed by atoms with E-state index >= 15 is 0 Å². The molecule has 1 aromatic carbocycles. The van der Waals surface area contributed by atoms with Crippen molar-refractivity contribution in [1.29, 1.82) is 0 Å². The molecule has 0 atom stereocenters. The Bertz CT molecular complexity index is 351. The molecule has 0 fully saturated rings. The number of hydrogen-bond donors (Lipinski definition) is 1. The van der Waals surface area contributed by atoms with Crippen molar-refractivity contribution >= 4 is 7.69 Å². The van der Waals surface area contributed by atoms with Crippen molar-refractivity contribution in [3.63, 3.8) is 0 Å². The average Bonchev–Trinajstić information content (AvgIpc) is 2.32. The zero-order valence-corrected chi connectivity index (χ0v) is 10.4. The van der Waals surface area contributed by atoms with Gasteiger partial charge < -0.3 is 14.4 Å². The molecule has 1 aromatic rings. The van der Waals surface area contributed by atoms with Crippen LogP contribution in [0.1, 0.15) is 32.6 Å². The molecule has 0 aliphatic rings. The molecule has 0 spiro atoms. The Hall–Kier alpha value is -1.30. The maximum atomic E-state index is 13.5. The number of halogens is 2. The first kappa shape index (κ1) is 14.8. The molecular weight excluding hydrogens is 241 g/mol. The summed E-state index contributed by atoms with van der Waals surface area (Å²) in [5.41, 5.74) is 0. The first-order chi connectivity index (χ1) is 8.69. The van der Waals surface area contributed by atoms with Crippen LogP contribution in [-0.2, 0) is 0 Å². The van der Waals surface area contributed by atoms with Crippen LogP contribution in [0.15, 0.2) is 12.1 Å². The number of unbranched alkanes of at least 4 members (excludes halogenated alkanes) is 3. The van der Waals surface area contributed by atoms with E-state index < -0.39 is 25.1 Å². The monoisotopic (exact) mass is 258 g/mol. The van der Waals surface area contributed by atoms with Crippen molar-refractivity contribution < 1.29 is 23.2 Å². The van der Waals surface area contributed by atoms with E-state index in [1.54, 1.807) is 0 Å². The molecule has 0 aliphatic heterocycles. The highest BCUT2D eigenvalue weighted by atomic mass is 19.1. The lowest BCUT2D eigenvalue weighted by Crippen LogP contribution is -2.04. The van der Waals surface area contributed by atoms with Gasteiger partial charge in [0.25, 0.3) is 0 Å². The van der Waals surface area contributed by atoms with Crippen LogP contribution in [0.25, 0.3) is 0 Å². The van der Waals surface area contributed by atoms with E-state index in [1.165, 1.54) is 0 Å².